The number of hydrogen-bond donors (Lipinski definition) is 0. The van der Waals surface area contributed by atoms with Crippen molar-refractivity contribution in [3.63, 3.8) is 0 Å². The molecule has 2 unspecified atom stereocenters. The standard InChI is InChI=1S/C15H22O2/c1-4-11-17-15(16)14(12(3)5-2)13-9-7-6-8-10-13/h6-10,12,14H,4-5,11H2,1-3H3. The van der Waals surface area contributed by atoms with Gasteiger partial charge in [-0.3, -0.25) is 4.79 Å². The third kappa shape index (κ3) is 3.88. The highest BCUT2D eigenvalue weighted by Crippen LogP contribution is 2.28. The number of benzene rings is 1. The molecule has 0 aliphatic carbocycles. The minimum atomic E-state index is -0.132. The number of carbonyl (C=O) groups is 1. The van der Waals surface area contributed by atoms with Gasteiger partial charge in [-0.05, 0) is 17.9 Å². The summed E-state index contributed by atoms with van der Waals surface area (Å²) >= 11 is 0. The van der Waals surface area contributed by atoms with Crippen molar-refractivity contribution < 1.29 is 9.53 Å². The summed E-state index contributed by atoms with van der Waals surface area (Å²) in [6.07, 6.45) is 1.84. The van der Waals surface area contributed by atoms with Crippen molar-refractivity contribution in [2.45, 2.75) is 39.5 Å². The average Bonchev–Trinajstić information content (AvgIpc) is 2.37. The third-order valence-corrected chi connectivity index (χ3v) is 3.07. The number of esters is 1. The zero-order chi connectivity index (χ0) is 12.7. The lowest BCUT2D eigenvalue weighted by atomic mass is 9.86. The fraction of sp³-hybridized carbons (Fsp3) is 0.533. The largest absolute Gasteiger partial charge is 0.465 e. The molecule has 94 valence electrons. The second-order valence-electron chi connectivity index (χ2n) is 4.44. The molecule has 1 aromatic rings. The van der Waals surface area contributed by atoms with Crippen molar-refractivity contribution in [2.75, 3.05) is 6.61 Å². The SMILES string of the molecule is CCCOC(=O)C(c1ccccc1)C(C)CC. The van der Waals surface area contributed by atoms with Crippen molar-refractivity contribution in [3.8, 4) is 0 Å². The summed E-state index contributed by atoms with van der Waals surface area (Å²) in [5.41, 5.74) is 1.06. The molecule has 0 N–H and O–H groups in total. The molecule has 1 aromatic carbocycles. The summed E-state index contributed by atoms with van der Waals surface area (Å²) in [6, 6.07) is 9.91. The number of rotatable bonds is 6. The molecule has 0 saturated heterocycles. The molecule has 1 rings (SSSR count). The Morgan fingerprint density at radius 1 is 1.24 bits per heavy atom. The van der Waals surface area contributed by atoms with Crippen molar-refractivity contribution in [3.05, 3.63) is 35.9 Å². The van der Waals surface area contributed by atoms with Crippen LogP contribution in [-0.2, 0) is 9.53 Å². The van der Waals surface area contributed by atoms with Gasteiger partial charge in [-0.2, -0.15) is 0 Å². The average molecular weight is 234 g/mol. The van der Waals surface area contributed by atoms with E-state index in [0.717, 1.165) is 18.4 Å². The van der Waals surface area contributed by atoms with Gasteiger partial charge in [-0.25, -0.2) is 0 Å². The molecule has 0 bridgehead atoms. The Morgan fingerprint density at radius 2 is 1.88 bits per heavy atom. The predicted molar refractivity (Wildman–Crippen MR) is 69.9 cm³/mol. The van der Waals surface area contributed by atoms with Crippen LogP contribution in [-0.4, -0.2) is 12.6 Å². The van der Waals surface area contributed by atoms with Crippen molar-refractivity contribution in [1.29, 1.82) is 0 Å². The van der Waals surface area contributed by atoms with E-state index in [1.807, 2.05) is 37.3 Å². The fourth-order valence-corrected chi connectivity index (χ4v) is 1.89. The van der Waals surface area contributed by atoms with Gasteiger partial charge in [0.25, 0.3) is 0 Å². The van der Waals surface area contributed by atoms with Crippen LogP contribution in [0.1, 0.15) is 45.1 Å². The molecular weight excluding hydrogens is 212 g/mol. The monoisotopic (exact) mass is 234 g/mol. The number of hydrogen-bond acceptors (Lipinski definition) is 2. The Morgan fingerprint density at radius 3 is 2.41 bits per heavy atom. The molecule has 0 aliphatic heterocycles. The lowest BCUT2D eigenvalue weighted by Gasteiger charge is -2.21. The lowest BCUT2D eigenvalue weighted by Crippen LogP contribution is -2.22. The van der Waals surface area contributed by atoms with Crippen LogP contribution in [0.2, 0.25) is 0 Å². The maximum absolute atomic E-state index is 12.1. The highest BCUT2D eigenvalue weighted by Gasteiger charge is 2.26. The van der Waals surface area contributed by atoms with E-state index >= 15 is 0 Å². The van der Waals surface area contributed by atoms with Crippen LogP contribution >= 0.6 is 0 Å². The Hall–Kier alpha value is -1.31. The smallest absolute Gasteiger partial charge is 0.313 e. The van der Waals surface area contributed by atoms with Gasteiger partial charge in [0.05, 0.1) is 12.5 Å². The molecule has 2 heteroatoms. The Kier molecular flexibility index (Phi) is 5.75. The van der Waals surface area contributed by atoms with Gasteiger partial charge < -0.3 is 4.74 Å². The zero-order valence-electron chi connectivity index (χ0n) is 11.0. The molecule has 0 aromatic heterocycles. The summed E-state index contributed by atoms with van der Waals surface area (Å²) in [6.45, 7) is 6.73. The first-order valence-corrected chi connectivity index (χ1v) is 6.42. The van der Waals surface area contributed by atoms with E-state index in [0.29, 0.717) is 12.5 Å². The van der Waals surface area contributed by atoms with Crippen LogP contribution in [0, 0.1) is 5.92 Å². The normalized spacial score (nSPS) is 14.1. The molecule has 0 saturated carbocycles. The summed E-state index contributed by atoms with van der Waals surface area (Å²) in [7, 11) is 0. The first-order chi connectivity index (χ1) is 8.20. The first-order valence-electron chi connectivity index (χ1n) is 6.42. The second kappa shape index (κ2) is 7.10. The fourth-order valence-electron chi connectivity index (χ4n) is 1.89. The van der Waals surface area contributed by atoms with Crippen LogP contribution in [0.3, 0.4) is 0 Å². The van der Waals surface area contributed by atoms with Crippen LogP contribution < -0.4 is 0 Å². The summed E-state index contributed by atoms with van der Waals surface area (Å²) in [5.74, 6) is 0.0851. The summed E-state index contributed by atoms with van der Waals surface area (Å²) in [5, 5.41) is 0. The summed E-state index contributed by atoms with van der Waals surface area (Å²) in [4.78, 5) is 12.1. The van der Waals surface area contributed by atoms with E-state index in [2.05, 4.69) is 13.8 Å². The highest BCUT2D eigenvalue weighted by molar-refractivity contribution is 5.78. The quantitative estimate of drug-likeness (QED) is 0.700. The molecule has 2 atom stereocenters. The Labute approximate surface area is 104 Å². The van der Waals surface area contributed by atoms with E-state index in [1.165, 1.54) is 0 Å². The zero-order valence-corrected chi connectivity index (χ0v) is 11.0. The second-order valence-corrected chi connectivity index (χ2v) is 4.44. The predicted octanol–water partition coefficient (Wildman–Crippen LogP) is 3.77. The molecule has 0 amide bonds. The molecule has 0 spiro atoms. The lowest BCUT2D eigenvalue weighted by molar-refractivity contribution is -0.146. The Balaban J connectivity index is 2.85. The summed E-state index contributed by atoms with van der Waals surface area (Å²) < 4.78 is 5.29. The van der Waals surface area contributed by atoms with E-state index < -0.39 is 0 Å². The van der Waals surface area contributed by atoms with Gasteiger partial charge in [-0.1, -0.05) is 57.5 Å². The highest BCUT2D eigenvalue weighted by atomic mass is 16.5. The van der Waals surface area contributed by atoms with Gasteiger partial charge in [0.2, 0.25) is 0 Å². The van der Waals surface area contributed by atoms with Gasteiger partial charge in [0, 0.05) is 0 Å². The van der Waals surface area contributed by atoms with E-state index in [4.69, 9.17) is 4.74 Å². The minimum absolute atomic E-state index is 0.0904. The van der Waals surface area contributed by atoms with Crippen LogP contribution in [0.4, 0.5) is 0 Å². The Bertz CT molecular complexity index is 332. The topological polar surface area (TPSA) is 26.3 Å². The van der Waals surface area contributed by atoms with Crippen LogP contribution in [0.5, 0.6) is 0 Å². The number of ether oxygens (including phenoxy) is 1. The number of carbonyl (C=O) groups excluding carboxylic acids is 1. The van der Waals surface area contributed by atoms with E-state index in [1.54, 1.807) is 0 Å². The molecule has 0 radical (unpaired) electrons. The van der Waals surface area contributed by atoms with Crippen LogP contribution in [0.25, 0.3) is 0 Å². The molecular formula is C15H22O2. The van der Waals surface area contributed by atoms with E-state index in [-0.39, 0.29) is 11.9 Å². The van der Waals surface area contributed by atoms with E-state index in [9.17, 15) is 4.79 Å². The van der Waals surface area contributed by atoms with Gasteiger partial charge in [0.1, 0.15) is 0 Å². The van der Waals surface area contributed by atoms with Gasteiger partial charge in [-0.15, -0.1) is 0 Å². The first kappa shape index (κ1) is 13.8. The van der Waals surface area contributed by atoms with Gasteiger partial charge in [0.15, 0.2) is 0 Å². The van der Waals surface area contributed by atoms with Crippen molar-refractivity contribution in [2.24, 2.45) is 5.92 Å². The van der Waals surface area contributed by atoms with Crippen molar-refractivity contribution in [1.82, 2.24) is 0 Å². The van der Waals surface area contributed by atoms with Gasteiger partial charge >= 0.3 is 5.97 Å². The maximum atomic E-state index is 12.1. The molecule has 0 heterocycles. The molecule has 17 heavy (non-hydrogen) atoms. The molecule has 0 fully saturated rings. The van der Waals surface area contributed by atoms with Crippen molar-refractivity contribution >= 4 is 5.97 Å². The maximum Gasteiger partial charge on any atom is 0.313 e. The van der Waals surface area contributed by atoms with Crippen LogP contribution in [0.15, 0.2) is 30.3 Å². The molecule has 2 nitrogen and oxygen atoms in total. The molecule has 0 aliphatic rings. The minimum Gasteiger partial charge on any atom is -0.465 e. The third-order valence-electron chi connectivity index (χ3n) is 3.07.